The topological polar surface area (TPSA) is 38.3 Å². The molecule has 24 heavy (non-hydrogen) atoms. The number of carbonyl (C=O) groups is 1. The smallest absolute Gasteiger partial charge is 0.187 e. The zero-order valence-corrected chi connectivity index (χ0v) is 13.4. The average Bonchev–Trinajstić information content (AvgIpc) is 2.55. The molecule has 3 nitrogen and oxygen atoms in total. The lowest BCUT2D eigenvalue weighted by atomic mass is 10.1. The minimum absolute atomic E-state index is 0.223. The van der Waals surface area contributed by atoms with Crippen LogP contribution in [0.4, 0.5) is 14.5 Å². The first-order valence-corrected chi connectivity index (χ1v) is 7.75. The standard InChI is InChI=1S/C19H19F2NO2/c1-2-3-10-24-18-6-4-14(5-7-18)19(23)8-9-22-17-12-15(20)11-16(21)13-17/h4-9,11-13,22H,2-3,10H2,1H3/b9-8+. The normalized spacial score (nSPS) is 10.8. The van der Waals surface area contributed by atoms with E-state index in [2.05, 4.69) is 12.2 Å². The van der Waals surface area contributed by atoms with Gasteiger partial charge in [-0.25, -0.2) is 8.78 Å². The van der Waals surface area contributed by atoms with Crippen molar-refractivity contribution in [3.05, 3.63) is 71.9 Å². The van der Waals surface area contributed by atoms with Crippen LogP contribution in [0.2, 0.25) is 0 Å². The van der Waals surface area contributed by atoms with Crippen molar-refractivity contribution in [1.82, 2.24) is 0 Å². The zero-order chi connectivity index (χ0) is 17.4. The fourth-order valence-electron chi connectivity index (χ4n) is 2.00. The molecule has 0 aliphatic rings. The molecule has 5 heteroatoms. The number of carbonyl (C=O) groups excluding carboxylic acids is 1. The monoisotopic (exact) mass is 331 g/mol. The summed E-state index contributed by atoms with van der Waals surface area (Å²) in [7, 11) is 0. The van der Waals surface area contributed by atoms with E-state index in [0.29, 0.717) is 12.2 Å². The van der Waals surface area contributed by atoms with Crippen molar-refractivity contribution in [3.8, 4) is 5.75 Å². The number of hydrogen-bond donors (Lipinski definition) is 1. The molecule has 0 radical (unpaired) electrons. The van der Waals surface area contributed by atoms with Crippen LogP contribution in [0.1, 0.15) is 30.1 Å². The average molecular weight is 331 g/mol. The van der Waals surface area contributed by atoms with Crippen molar-refractivity contribution in [2.45, 2.75) is 19.8 Å². The lowest BCUT2D eigenvalue weighted by molar-refractivity contribution is 0.104. The Bertz CT molecular complexity index is 692. The highest BCUT2D eigenvalue weighted by Crippen LogP contribution is 2.15. The number of allylic oxidation sites excluding steroid dienone is 1. The molecule has 0 atom stereocenters. The Labute approximate surface area is 140 Å². The summed E-state index contributed by atoms with van der Waals surface area (Å²) >= 11 is 0. The van der Waals surface area contributed by atoms with E-state index in [9.17, 15) is 13.6 Å². The number of ether oxygens (including phenoxy) is 1. The number of hydrogen-bond acceptors (Lipinski definition) is 3. The van der Waals surface area contributed by atoms with Crippen molar-refractivity contribution in [2.75, 3.05) is 11.9 Å². The van der Waals surface area contributed by atoms with Crippen LogP contribution in [-0.4, -0.2) is 12.4 Å². The van der Waals surface area contributed by atoms with Crippen LogP contribution >= 0.6 is 0 Å². The number of ketones is 1. The van der Waals surface area contributed by atoms with E-state index in [1.54, 1.807) is 24.3 Å². The number of anilines is 1. The SMILES string of the molecule is CCCCOc1ccc(C(=O)/C=C/Nc2cc(F)cc(F)c2)cc1. The molecule has 0 unspecified atom stereocenters. The van der Waals surface area contributed by atoms with Gasteiger partial charge in [-0.2, -0.15) is 0 Å². The first-order chi connectivity index (χ1) is 11.6. The third-order valence-electron chi connectivity index (χ3n) is 3.25. The minimum atomic E-state index is -0.684. The first kappa shape index (κ1) is 17.7. The number of nitrogens with one attached hydrogen (secondary N) is 1. The van der Waals surface area contributed by atoms with Crippen molar-refractivity contribution >= 4 is 11.5 Å². The predicted molar refractivity (Wildman–Crippen MR) is 90.3 cm³/mol. The Hall–Kier alpha value is -2.69. The molecule has 2 aromatic carbocycles. The molecule has 0 spiro atoms. The largest absolute Gasteiger partial charge is 0.494 e. The molecular weight excluding hydrogens is 312 g/mol. The van der Waals surface area contributed by atoms with E-state index in [1.165, 1.54) is 12.3 Å². The molecule has 0 bridgehead atoms. The summed E-state index contributed by atoms with van der Waals surface area (Å²) in [4.78, 5) is 12.0. The maximum atomic E-state index is 13.0. The predicted octanol–water partition coefficient (Wildman–Crippen LogP) is 4.95. The van der Waals surface area contributed by atoms with Gasteiger partial charge >= 0.3 is 0 Å². The molecule has 0 amide bonds. The van der Waals surface area contributed by atoms with Crippen LogP contribution < -0.4 is 10.1 Å². The summed E-state index contributed by atoms with van der Waals surface area (Å²) in [5, 5.41) is 2.67. The lowest BCUT2D eigenvalue weighted by Crippen LogP contribution is -1.99. The van der Waals surface area contributed by atoms with Gasteiger partial charge in [-0.3, -0.25) is 4.79 Å². The number of benzene rings is 2. The summed E-state index contributed by atoms with van der Waals surface area (Å²) in [6.45, 7) is 2.74. The lowest BCUT2D eigenvalue weighted by Gasteiger charge is -2.05. The highest BCUT2D eigenvalue weighted by atomic mass is 19.1. The van der Waals surface area contributed by atoms with Crippen molar-refractivity contribution in [3.63, 3.8) is 0 Å². The molecule has 126 valence electrons. The summed E-state index contributed by atoms with van der Waals surface area (Å²) in [5.41, 5.74) is 0.734. The quantitative estimate of drug-likeness (QED) is 0.422. The molecule has 0 aliphatic heterocycles. The van der Waals surface area contributed by atoms with Gasteiger partial charge in [-0.05, 0) is 42.8 Å². The van der Waals surface area contributed by atoms with Gasteiger partial charge in [0.15, 0.2) is 5.78 Å². The molecule has 0 aliphatic carbocycles. The van der Waals surface area contributed by atoms with Crippen molar-refractivity contribution in [2.24, 2.45) is 0 Å². The van der Waals surface area contributed by atoms with Crippen LogP contribution in [0.3, 0.4) is 0 Å². The van der Waals surface area contributed by atoms with Crippen molar-refractivity contribution < 1.29 is 18.3 Å². The van der Waals surface area contributed by atoms with Crippen LogP contribution in [0.25, 0.3) is 0 Å². The third kappa shape index (κ3) is 5.50. The fourth-order valence-corrected chi connectivity index (χ4v) is 2.00. The first-order valence-electron chi connectivity index (χ1n) is 7.75. The van der Waals surface area contributed by atoms with E-state index in [4.69, 9.17) is 4.74 Å². The second-order valence-electron chi connectivity index (χ2n) is 5.23. The highest BCUT2D eigenvalue weighted by Gasteiger charge is 2.03. The van der Waals surface area contributed by atoms with Crippen molar-refractivity contribution in [1.29, 1.82) is 0 Å². The van der Waals surface area contributed by atoms with E-state index in [0.717, 1.165) is 36.8 Å². The van der Waals surface area contributed by atoms with Gasteiger partial charge in [0.1, 0.15) is 17.4 Å². The maximum absolute atomic E-state index is 13.0. The summed E-state index contributed by atoms with van der Waals surface area (Å²) < 4.78 is 31.6. The molecule has 2 aromatic rings. The summed E-state index contributed by atoms with van der Waals surface area (Å²) in [6.07, 6.45) is 4.69. The summed E-state index contributed by atoms with van der Waals surface area (Å²) in [6, 6.07) is 9.90. The molecule has 2 rings (SSSR count). The number of rotatable bonds is 8. The van der Waals surface area contributed by atoms with Crippen LogP contribution in [-0.2, 0) is 0 Å². The molecule has 0 saturated carbocycles. The Morgan fingerprint density at radius 2 is 1.79 bits per heavy atom. The van der Waals surface area contributed by atoms with Gasteiger partial charge in [0.05, 0.1) is 6.61 Å². The van der Waals surface area contributed by atoms with Gasteiger partial charge in [-0.1, -0.05) is 13.3 Å². The van der Waals surface area contributed by atoms with E-state index in [-0.39, 0.29) is 11.5 Å². The maximum Gasteiger partial charge on any atom is 0.187 e. The van der Waals surface area contributed by atoms with E-state index in [1.807, 2.05) is 0 Å². The Morgan fingerprint density at radius 3 is 2.42 bits per heavy atom. The Balaban J connectivity index is 1.91. The molecule has 0 heterocycles. The molecular formula is C19H19F2NO2. The van der Waals surface area contributed by atoms with Gasteiger partial charge < -0.3 is 10.1 Å². The fraction of sp³-hybridized carbons (Fsp3) is 0.211. The Morgan fingerprint density at radius 1 is 1.12 bits per heavy atom. The van der Waals surface area contributed by atoms with Crippen LogP contribution in [0.15, 0.2) is 54.7 Å². The van der Waals surface area contributed by atoms with Gasteiger partial charge in [-0.15, -0.1) is 0 Å². The van der Waals surface area contributed by atoms with Gasteiger partial charge in [0.2, 0.25) is 0 Å². The Kier molecular flexibility index (Phi) is 6.49. The summed E-state index contributed by atoms with van der Waals surface area (Å²) in [5.74, 6) is -0.872. The zero-order valence-electron chi connectivity index (χ0n) is 13.4. The molecule has 0 fully saturated rings. The second-order valence-corrected chi connectivity index (χ2v) is 5.23. The van der Waals surface area contributed by atoms with Crippen LogP contribution in [0.5, 0.6) is 5.75 Å². The number of unbranched alkanes of at least 4 members (excludes halogenated alkanes) is 1. The van der Waals surface area contributed by atoms with Gasteiger partial charge in [0, 0.05) is 29.6 Å². The highest BCUT2D eigenvalue weighted by molar-refractivity contribution is 6.04. The molecule has 0 aromatic heterocycles. The van der Waals surface area contributed by atoms with Gasteiger partial charge in [0.25, 0.3) is 0 Å². The molecule has 0 saturated heterocycles. The van der Waals surface area contributed by atoms with Crippen LogP contribution in [0, 0.1) is 11.6 Å². The second kappa shape index (κ2) is 8.82. The third-order valence-corrected chi connectivity index (χ3v) is 3.25. The van der Waals surface area contributed by atoms with E-state index < -0.39 is 11.6 Å². The van der Waals surface area contributed by atoms with E-state index >= 15 is 0 Å². The molecule has 1 N–H and O–H groups in total. The number of halogens is 2. The minimum Gasteiger partial charge on any atom is -0.494 e.